The Morgan fingerprint density at radius 1 is 1.05 bits per heavy atom. The number of benzene rings is 2. The lowest BCUT2D eigenvalue weighted by atomic mass is 10.1. The molecule has 1 amide bonds. The molecule has 0 atom stereocenters. The number of likely N-dealkylation sites (N-methyl/N-ethyl adjacent to an activating group) is 1. The number of rotatable bonds is 11. The average molecular weight is 508 g/mol. The summed E-state index contributed by atoms with van der Waals surface area (Å²) in [6, 6.07) is 16.3. The molecule has 7 nitrogen and oxygen atoms in total. The predicted octanol–water partition coefficient (Wildman–Crippen LogP) is 4.07. The molecule has 1 saturated heterocycles. The van der Waals surface area contributed by atoms with E-state index in [4.69, 9.17) is 9.84 Å². The van der Waals surface area contributed by atoms with Crippen molar-refractivity contribution in [2.24, 2.45) is 0 Å². The summed E-state index contributed by atoms with van der Waals surface area (Å²) in [5.74, 6) is 0.770. The number of piperazine rings is 1. The lowest BCUT2D eigenvalue weighted by Gasteiger charge is -2.36. The normalized spacial score (nSPS) is 14.2. The fourth-order valence-corrected chi connectivity index (χ4v) is 4.85. The number of para-hydroxylation sites is 1. The van der Waals surface area contributed by atoms with Crippen molar-refractivity contribution in [3.8, 4) is 5.69 Å². The van der Waals surface area contributed by atoms with Crippen molar-refractivity contribution in [1.82, 2.24) is 19.6 Å². The molecule has 1 aliphatic rings. The summed E-state index contributed by atoms with van der Waals surface area (Å²) >= 11 is 0. The van der Waals surface area contributed by atoms with E-state index in [2.05, 4.69) is 28.9 Å². The maximum absolute atomic E-state index is 13.5. The SMILES string of the molecule is CCN1CCN(c2c(CN(CCCOC)C(=O)Cc3ccc(F)cc3)c(C)nn2-c2ccccc2)CC1. The number of anilines is 1. The summed E-state index contributed by atoms with van der Waals surface area (Å²) in [5, 5.41) is 4.95. The number of hydrogen-bond donors (Lipinski definition) is 0. The Labute approximate surface area is 219 Å². The maximum atomic E-state index is 13.5. The number of halogens is 1. The van der Waals surface area contributed by atoms with Gasteiger partial charge in [0.15, 0.2) is 0 Å². The third-order valence-corrected chi connectivity index (χ3v) is 7.02. The number of nitrogens with zero attached hydrogens (tertiary/aromatic N) is 5. The van der Waals surface area contributed by atoms with Crippen molar-refractivity contribution in [2.75, 3.05) is 57.9 Å². The van der Waals surface area contributed by atoms with Gasteiger partial charge in [-0.2, -0.15) is 5.10 Å². The molecule has 0 radical (unpaired) electrons. The van der Waals surface area contributed by atoms with E-state index in [-0.39, 0.29) is 18.1 Å². The Hall–Kier alpha value is -3.23. The minimum atomic E-state index is -0.301. The fourth-order valence-electron chi connectivity index (χ4n) is 4.85. The molecular formula is C29H38FN5O2. The monoisotopic (exact) mass is 507 g/mol. The standard InChI is InChI=1S/C29H38FN5O2/c1-4-32-16-18-33(19-17-32)29-27(23(2)31-35(29)26-9-6-5-7-10-26)22-34(15-8-20-37-3)28(36)21-24-11-13-25(30)14-12-24/h5-7,9-14H,4,8,15-22H2,1-3H3. The first-order chi connectivity index (χ1) is 18.0. The Bertz CT molecular complexity index is 1140. The van der Waals surface area contributed by atoms with Crippen molar-refractivity contribution >= 4 is 11.7 Å². The third kappa shape index (κ3) is 6.76. The second-order valence-corrected chi connectivity index (χ2v) is 9.52. The van der Waals surface area contributed by atoms with Gasteiger partial charge in [0, 0.05) is 52.0 Å². The van der Waals surface area contributed by atoms with Crippen LogP contribution in [0.4, 0.5) is 10.2 Å². The summed E-state index contributed by atoms with van der Waals surface area (Å²) in [7, 11) is 1.67. The number of methoxy groups -OCH3 is 1. The van der Waals surface area contributed by atoms with Crippen LogP contribution in [0.5, 0.6) is 0 Å². The smallest absolute Gasteiger partial charge is 0.227 e. The van der Waals surface area contributed by atoms with Gasteiger partial charge in [0.25, 0.3) is 0 Å². The van der Waals surface area contributed by atoms with Crippen molar-refractivity contribution in [3.63, 3.8) is 0 Å². The highest BCUT2D eigenvalue weighted by atomic mass is 19.1. The lowest BCUT2D eigenvalue weighted by Crippen LogP contribution is -2.47. The second-order valence-electron chi connectivity index (χ2n) is 9.52. The number of carbonyl (C=O) groups is 1. The van der Waals surface area contributed by atoms with E-state index in [1.54, 1.807) is 19.2 Å². The van der Waals surface area contributed by atoms with Gasteiger partial charge in [-0.3, -0.25) is 4.79 Å². The van der Waals surface area contributed by atoms with Crippen molar-refractivity contribution in [2.45, 2.75) is 33.2 Å². The van der Waals surface area contributed by atoms with Gasteiger partial charge < -0.3 is 19.4 Å². The number of carbonyl (C=O) groups excluding carboxylic acids is 1. The topological polar surface area (TPSA) is 53.8 Å². The van der Waals surface area contributed by atoms with Gasteiger partial charge in [-0.05, 0) is 49.7 Å². The zero-order valence-corrected chi connectivity index (χ0v) is 22.2. The van der Waals surface area contributed by atoms with Crippen LogP contribution in [0.1, 0.15) is 30.2 Å². The van der Waals surface area contributed by atoms with Gasteiger partial charge in [0.1, 0.15) is 11.6 Å². The van der Waals surface area contributed by atoms with Crippen molar-refractivity contribution < 1.29 is 13.9 Å². The first-order valence-electron chi connectivity index (χ1n) is 13.1. The number of hydrogen-bond acceptors (Lipinski definition) is 5. The van der Waals surface area contributed by atoms with Gasteiger partial charge in [-0.1, -0.05) is 37.3 Å². The van der Waals surface area contributed by atoms with Crippen LogP contribution in [0, 0.1) is 12.7 Å². The maximum Gasteiger partial charge on any atom is 0.227 e. The highest BCUT2D eigenvalue weighted by molar-refractivity contribution is 5.79. The second kappa shape index (κ2) is 12.8. The average Bonchev–Trinajstić information content (AvgIpc) is 3.25. The van der Waals surface area contributed by atoms with E-state index in [1.807, 2.05) is 34.7 Å². The Kier molecular flexibility index (Phi) is 9.30. The Morgan fingerprint density at radius 2 is 1.76 bits per heavy atom. The molecular weight excluding hydrogens is 469 g/mol. The van der Waals surface area contributed by atoms with E-state index in [0.29, 0.717) is 19.7 Å². The van der Waals surface area contributed by atoms with Gasteiger partial charge in [-0.15, -0.1) is 0 Å². The van der Waals surface area contributed by atoms with Crippen LogP contribution in [-0.4, -0.2) is 78.5 Å². The molecule has 8 heteroatoms. The molecule has 198 valence electrons. The van der Waals surface area contributed by atoms with Gasteiger partial charge >= 0.3 is 0 Å². The first-order valence-corrected chi connectivity index (χ1v) is 13.1. The fraction of sp³-hybridized carbons (Fsp3) is 0.448. The van der Waals surface area contributed by atoms with Gasteiger partial charge in [0.05, 0.1) is 24.3 Å². The summed E-state index contributed by atoms with van der Waals surface area (Å²) in [6.07, 6.45) is 0.964. The van der Waals surface area contributed by atoms with Crippen molar-refractivity contribution in [3.05, 3.63) is 77.2 Å². The Morgan fingerprint density at radius 3 is 2.41 bits per heavy atom. The number of aromatic nitrogens is 2. The van der Waals surface area contributed by atoms with Crippen LogP contribution >= 0.6 is 0 Å². The molecule has 0 saturated carbocycles. The highest BCUT2D eigenvalue weighted by Gasteiger charge is 2.27. The molecule has 1 aliphatic heterocycles. The quantitative estimate of drug-likeness (QED) is 0.366. The molecule has 0 N–H and O–H groups in total. The van der Waals surface area contributed by atoms with E-state index in [1.165, 1.54) is 12.1 Å². The molecule has 0 bridgehead atoms. The van der Waals surface area contributed by atoms with E-state index < -0.39 is 0 Å². The molecule has 3 aromatic rings. The molecule has 0 unspecified atom stereocenters. The lowest BCUT2D eigenvalue weighted by molar-refractivity contribution is -0.131. The first kappa shape index (κ1) is 26.8. The van der Waals surface area contributed by atoms with Crippen molar-refractivity contribution in [1.29, 1.82) is 0 Å². The number of ether oxygens (including phenoxy) is 1. The minimum Gasteiger partial charge on any atom is -0.385 e. The zero-order chi connectivity index (χ0) is 26.2. The van der Waals surface area contributed by atoms with Crippen LogP contribution in [0.15, 0.2) is 54.6 Å². The van der Waals surface area contributed by atoms with Gasteiger partial charge in [-0.25, -0.2) is 9.07 Å². The number of amides is 1. The van der Waals surface area contributed by atoms with E-state index in [9.17, 15) is 9.18 Å². The largest absolute Gasteiger partial charge is 0.385 e. The molecule has 2 heterocycles. The van der Waals surface area contributed by atoms with Crippen LogP contribution in [0.25, 0.3) is 5.69 Å². The summed E-state index contributed by atoms with van der Waals surface area (Å²) in [5.41, 5.74) is 3.80. The summed E-state index contributed by atoms with van der Waals surface area (Å²) in [6.45, 7) is 10.7. The van der Waals surface area contributed by atoms with E-state index >= 15 is 0 Å². The Balaban J connectivity index is 1.66. The number of aryl methyl sites for hydroxylation is 1. The molecule has 0 aliphatic carbocycles. The van der Waals surface area contributed by atoms with Crippen LogP contribution < -0.4 is 4.90 Å². The van der Waals surface area contributed by atoms with Crippen LogP contribution in [0.3, 0.4) is 0 Å². The molecule has 37 heavy (non-hydrogen) atoms. The predicted molar refractivity (Wildman–Crippen MR) is 145 cm³/mol. The summed E-state index contributed by atoms with van der Waals surface area (Å²) in [4.78, 5) is 20.3. The molecule has 1 fully saturated rings. The van der Waals surface area contributed by atoms with Gasteiger partial charge in [0.2, 0.25) is 5.91 Å². The summed E-state index contributed by atoms with van der Waals surface area (Å²) < 4.78 is 20.7. The van der Waals surface area contributed by atoms with E-state index in [0.717, 1.165) is 67.5 Å². The third-order valence-electron chi connectivity index (χ3n) is 7.02. The molecule has 1 aromatic heterocycles. The van der Waals surface area contributed by atoms with Crippen LogP contribution in [-0.2, 0) is 22.5 Å². The molecule has 4 rings (SSSR count). The zero-order valence-electron chi connectivity index (χ0n) is 22.2. The highest BCUT2D eigenvalue weighted by Crippen LogP contribution is 2.30. The molecule has 0 spiro atoms. The van der Waals surface area contributed by atoms with Crippen LogP contribution in [0.2, 0.25) is 0 Å². The minimum absolute atomic E-state index is 0.0105. The molecule has 2 aromatic carbocycles.